The molecule has 58 valence electrons. The Morgan fingerprint density at radius 3 is 3.08 bits per heavy atom. The fourth-order valence-electron chi connectivity index (χ4n) is 1.41. The van der Waals surface area contributed by atoms with Crippen molar-refractivity contribution in [1.82, 2.24) is 0 Å². The molecular weight excluding hydrogens is 144 g/mol. The van der Waals surface area contributed by atoms with E-state index in [1.54, 1.807) is 0 Å². The minimum atomic E-state index is 0.907. The van der Waals surface area contributed by atoms with E-state index in [4.69, 9.17) is 0 Å². The normalized spacial score (nSPS) is 19.3. The quantitative estimate of drug-likeness (QED) is 0.470. The highest BCUT2D eigenvalue weighted by Gasteiger charge is 2.08. The van der Waals surface area contributed by atoms with Crippen molar-refractivity contribution in [2.24, 2.45) is 0 Å². The third-order valence-corrected chi connectivity index (χ3v) is 2.05. The molecule has 0 radical (unpaired) electrons. The van der Waals surface area contributed by atoms with Crippen molar-refractivity contribution in [1.29, 1.82) is 0 Å². The first-order valence-corrected chi connectivity index (χ1v) is 4.33. The number of rotatable bonds is 0. The van der Waals surface area contributed by atoms with Crippen LogP contribution in [0.4, 0.5) is 0 Å². The van der Waals surface area contributed by atoms with E-state index in [1.165, 1.54) is 11.1 Å². The van der Waals surface area contributed by atoms with Crippen LogP contribution in [0.1, 0.15) is 25.7 Å². The summed E-state index contributed by atoms with van der Waals surface area (Å²) in [6.45, 7) is 0. The van der Waals surface area contributed by atoms with Crippen molar-refractivity contribution in [3.05, 3.63) is 23.3 Å². The molecule has 0 heterocycles. The molecule has 0 amide bonds. The maximum absolute atomic E-state index is 3.19. The molecule has 0 fully saturated rings. The number of fused-ring (bicyclic) bond motifs is 1. The van der Waals surface area contributed by atoms with Gasteiger partial charge in [-0.15, -0.1) is 0 Å². The first-order chi connectivity index (χ1) is 5.97. The molecule has 2 aliphatic rings. The van der Waals surface area contributed by atoms with E-state index in [1.807, 2.05) is 6.08 Å². The number of hydrogen-bond donors (Lipinski definition) is 0. The molecule has 0 spiro atoms. The Kier molecular flexibility index (Phi) is 2.02. The van der Waals surface area contributed by atoms with Crippen molar-refractivity contribution >= 4 is 0 Å². The molecule has 0 aromatic heterocycles. The van der Waals surface area contributed by atoms with Gasteiger partial charge in [0.1, 0.15) is 0 Å². The molecule has 0 aliphatic heterocycles. The fraction of sp³-hybridized carbons (Fsp3) is 0.333. The molecule has 0 saturated heterocycles. The SMILES string of the molecule is C1#CCCC#CC2=CCCC2=C1. The van der Waals surface area contributed by atoms with Crippen molar-refractivity contribution in [3.8, 4) is 23.7 Å². The summed E-state index contributed by atoms with van der Waals surface area (Å²) >= 11 is 0. The summed E-state index contributed by atoms with van der Waals surface area (Å²) in [5, 5.41) is 0. The van der Waals surface area contributed by atoms with Crippen LogP contribution in [0.2, 0.25) is 0 Å². The lowest BCUT2D eigenvalue weighted by Gasteiger charge is -1.92. The Hall–Kier alpha value is -1.40. The largest absolute Gasteiger partial charge is 0.0975 e. The third kappa shape index (κ3) is 1.44. The third-order valence-electron chi connectivity index (χ3n) is 2.05. The van der Waals surface area contributed by atoms with E-state index in [0.29, 0.717) is 0 Å². The summed E-state index contributed by atoms with van der Waals surface area (Å²) < 4.78 is 0. The lowest BCUT2D eigenvalue weighted by molar-refractivity contribution is 1.06. The average Bonchev–Trinajstić information content (AvgIpc) is 2.50. The van der Waals surface area contributed by atoms with Gasteiger partial charge in [0.25, 0.3) is 0 Å². The molecule has 0 aromatic carbocycles. The molecule has 2 rings (SSSR count). The van der Waals surface area contributed by atoms with Gasteiger partial charge in [-0.05, 0) is 24.5 Å². The maximum atomic E-state index is 3.19. The minimum absolute atomic E-state index is 0.907. The summed E-state index contributed by atoms with van der Waals surface area (Å²) in [6.07, 6.45) is 8.32. The van der Waals surface area contributed by atoms with Gasteiger partial charge in [0, 0.05) is 18.4 Å². The highest BCUT2D eigenvalue weighted by Crippen LogP contribution is 2.23. The topological polar surface area (TPSA) is 0 Å². The second kappa shape index (κ2) is 3.33. The Morgan fingerprint density at radius 2 is 2.08 bits per heavy atom. The van der Waals surface area contributed by atoms with Crippen LogP contribution in [-0.4, -0.2) is 0 Å². The van der Waals surface area contributed by atoms with E-state index in [2.05, 4.69) is 29.8 Å². The van der Waals surface area contributed by atoms with Gasteiger partial charge < -0.3 is 0 Å². The van der Waals surface area contributed by atoms with E-state index in [0.717, 1.165) is 25.7 Å². The van der Waals surface area contributed by atoms with Crippen molar-refractivity contribution in [3.63, 3.8) is 0 Å². The van der Waals surface area contributed by atoms with E-state index in [-0.39, 0.29) is 0 Å². The van der Waals surface area contributed by atoms with Crippen LogP contribution < -0.4 is 0 Å². The molecule has 12 heavy (non-hydrogen) atoms. The van der Waals surface area contributed by atoms with Crippen LogP contribution >= 0.6 is 0 Å². The van der Waals surface area contributed by atoms with Gasteiger partial charge in [-0.25, -0.2) is 0 Å². The van der Waals surface area contributed by atoms with Crippen molar-refractivity contribution in [2.45, 2.75) is 25.7 Å². The molecule has 2 aliphatic carbocycles. The zero-order valence-corrected chi connectivity index (χ0v) is 6.98. The van der Waals surface area contributed by atoms with Gasteiger partial charge in [0.2, 0.25) is 0 Å². The zero-order valence-electron chi connectivity index (χ0n) is 6.98. The summed E-state index contributed by atoms with van der Waals surface area (Å²) in [6, 6.07) is 0. The maximum Gasteiger partial charge on any atom is 0.0244 e. The van der Waals surface area contributed by atoms with Crippen molar-refractivity contribution in [2.75, 3.05) is 0 Å². The number of hydrogen-bond acceptors (Lipinski definition) is 0. The van der Waals surface area contributed by atoms with Gasteiger partial charge in [0.05, 0.1) is 0 Å². The zero-order chi connectivity index (χ0) is 8.23. The second-order valence-corrected chi connectivity index (χ2v) is 2.95. The molecule has 0 unspecified atom stereocenters. The smallest absolute Gasteiger partial charge is 0.0244 e. The molecule has 0 atom stereocenters. The van der Waals surface area contributed by atoms with Gasteiger partial charge in [0.15, 0.2) is 0 Å². The monoisotopic (exact) mass is 154 g/mol. The van der Waals surface area contributed by atoms with Crippen LogP contribution in [0.5, 0.6) is 0 Å². The molecular formula is C12H10. The Morgan fingerprint density at radius 1 is 1.17 bits per heavy atom. The first kappa shape index (κ1) is 7.26. The van der Waals surface area contributed by atoms with Crippen LogP contribution in [0.25, 0.3) is 0 Å². The predicted molar refractivity (Wildman–Crippen MR) is 50.2 cm³/mol. The summed E-state index contributed by atoms with van der Waals surface area (Å²) in [7, 11) is 0. The minimum Gasteiger partial charge on any atom is -0.0975 e. The predicted octanol–water partition coefficient (Wildman–Crippen LogP) is 2.43. The van der Waals surface area contributed by atoms with E-state index in [9.17, 15) is 0 Å². The fourth-order valence-corrected chi connectivity index (χ4v) is 1.41. The second-order valence-electron chi connectivity index (χ2n) is 2.95. The molecule has 0 N–H and O–H groups in total. The molecule has 0 heteroatoms. The standard InChI is InChI=1S/C12H10/c1-2-4-7-11-9-6-10-12(11)8-5-3-1/h8-9H,1-2,6,10H2. The van der Waals surface area contributed by atoms with Crippen LogP contribution in [0.15, 0.2) is 23.3 Å². The van der Waals surface area contributed by atoms with Gasteiger partial charge in [-0.1, -0.05) is 29.8 Å². The van der Waals surface area contributed by atoms with Crippen LogP contribution in [-0.2, 0) is 0 Å². The van der Waals surface area contributed by atoms with Gasteiger partial charge in [-0.3, -0.25) is 0 Å². The van der Waals surface area contributed by atoms with E-state index >= 15 is 0 Å². The van der Waals surface area contributed by atoms with Crippen molar-refractivity contribution < 1.29 is 0 Å². The Balaban J connectivity index is 2.36. The summed E-state index contributed by atoms with van der Waals surface area (Å²) in [5.74, 6) is 12.5. The van der Waals surface area contributed by atoms with Gasteiger partial charge in [-0.2, -0.15) is 0 Å². The Bertz CT molecular complexity index is 358. The number of allylic oxidation sites excluding steroid dienone is 4. The first-order valence-electron chi connectivity index (χ1n) is 4.33. The van der Waals surface area contributed by atoms with Crippen LogP contribution in [0, 0.1) is 23.7 Å². The lowest BCUT2D eigenvalue weighted by atomic mass is 10.1. The molecule has 0 nitrogen and oxygen atoms in total. The average molecular weight is 154 g/mol. The highest BCUT2D eigenvalue weighted by molar-refractivity contribution is 5.51. The Labute approximate surface area is 73.4 Å². The highest BCUT2D eigenvalue weighted by atomic mass is 14.1. The van der Waals surface area contributed by atoms with Gasteiger partial charge >= 0.3 is 0 Å². The molecule has 0 aromatic rings. The molecule has 0 saturated carbocycles. The summed E-state index contributed by atoms with van der Waals surface area (Å²) in [5.41, 5.74) is 2.54. The molecule has 0 bridgehead atoms. The lowest BCUT2D eigenvalue weighted by Crippen LogP contribution is -1.77. The van der Waals surface area contributed by atoms with Crippen LogP contribution in [0.3, 0.4) is 0 Å². The summed E-state index contributed by atoms with van der Waals surface area (Å²) in [4.78, 5) is 0. The van der Waals surface area contributed by atoms with E-state index < -0.39 is 0 Å².